The Morgan fingerprint density at radius 2 is 1.79 bits per heavy atom. The second-order valence-electron chi connectivity index (χ2n) is 10.8. The van der Waals surface area contributed by atoms with E-state index in [1.54, 1.807) is 26.4 Å². The third-order valence-corrected chi connectivity index (χ3v) is 7.33. The van der Waals surface area contributed by atoms with E-state index in [1.807, 2.05) is 32.0 Å². The Bertz CT molecular complexity index is 1000. The summed E-state index contributed by atoms with van der Waals surface area (Å²) >= 11 is 5.89. The Kier molecular flexibility index (Phi) is 14.0. The van der Waals surface area contributed by atoms with E-state index in [1.165, 1.54) is 6.20 Å². The van der Waals surface area contributed by atoms with Crippen molar-refractivity contribution in [2.45, 2.75) is 65.5 Å². The molecule has 0 unspecified atom stereocenters. The van der Waals surface area contributed by atoms with Gasteiger partial charge in [0.15, 0.2) is 11.5 Å². The van der Waals surface area contributed by atoms with Gasteiger partial charge in [-0.05, 0) is 66.8 Å². The number of aliphatic hydroxyl groups excluding tert-OH is 1. The van der Waals surface area contributed by atoms with E-state index in [0.29, 0.717) is 47.9 Å². The number of hydrogen-bond donors (Lipinski definition) is 3. The van der Waals surface area contributed by atoms with E-state index >= 15 is 0 Å². The van der Waals surface area contributed by atoms with Crippen molar-refractivity contribution in [3.63, 3.8) is 0 Å². The van der Waals surface area contributed by atoms with Crippen LogP contribution < -0.4 is 20.5 Å². The van der Waals surface area contributed by atoms with Gasteiger partial charge in [-0.2, -0.15) is 0 Å². The summed E-state index contributed by atoms with van der Waals surface area (Å²) < 4.78 is 16.5. The fourth-order valence-electron chi connectivity index (χ4n) is 4.53. The molecule has 4 atom stereocenters. The number of benzene rings is 1. The number of pyridine rings is 1. The number of hydrogen-bond acceptors (Lipinski definition) is 7. The molecule has 8 nitrogen and oxygen atoms in total. The van der Waals surface area contributed by atoms with Crippen molar-refractivity contribution in [1.29, 1.82) is 0 Å². The number of aliphatic hydroxyl groups is 1. The van der Waals surface area contributed by atoms with E-state index in [2.05, 4.69) is 24.1 Å². The Hall–Kier alpha value is -2.39. The van der Waals surface area contributed by atoms with Gasteiger partial charge in [0.2, 0.25) is 5.91 Å². The fraction of sp³-hybridized carbons (Fsp3) is 0.600. The average molecular weight is 564 g/mol. The van der Waals surface area contributed by atoms with Gasteiger partial charge < -0.3 is 30.4 Å². The van der Waals surface area contributed by atoms with Gasteiger partial charge in [0, 0.05) is 38.3 Å². The van der Waals surface area contributed by atoms with Gasteiger partial charge in [-0.3, -0.25) is 4.79 Å². The first-order valence-electron chi connectivity index (χ1n) is 13.7. The van der Waals surface area contributed by atoms with Crippen LogP contribution in [0.2, 0.25) is 5.02 Å². The summed E-state index contributed by atoms with van der Waals surface area (Å²) in [5, 5.41) is 14.4. The van der Waals surface area contributed by atoms with Crippen LogP contribution in [-0.4, -0.2) is 55.6 Å². The van der Waals surface area contributed by atoms with Crippen molar-refractivity contribution in [1.82, 2.24) is 4.98 Å². The molecule has 0 saturated carbocycles. The van der Waals surface area contributed by atoms with Gasteiger partial charge in [-0.15, -0.1) is 0 Å². The molecule has 1 aromatic heterocycles. The van der Waals surface area contributed by atoms with Crippen molar-refractivity contribution in [3.05, 3.63) is 47.1 Å². The highest BCUT2D eigenvalue weighted by molar-refractivity contribution is 6.30. The topological polar surface area (TPSA) is 116 Å². The molecule has 9 heteroatoms. The molecule has 1 heterocycles. The molecule has 39 heavy (non-hydrogen) atoms. The van der Waals surface area contributed by atoms with Crippen molar-refractivity contribution in [2.24, 2.45) is 29.4 Å². The van der Waals surface area contributed by atoms with Gasteiger partial charge in [0.1, 0.15) is 5.82 Å². The Morgan fingerprint density at radius 3 is 2.38 bits per heavy atom. The molecule has 2 rings (SSSR count). The minimum Gasteiger partial charge on any atom is -0.493 e. The molecule has 0 bridgehead atoms. The van der Waals surface area contributed by atoms with Crippen molar-refractivity contribution < 1.29 is 24.1 Å². The van der Waals surface area contributed by atoms with Crippen LogP contribution in [0.5, 0.6) is 11.5 Å². The molecule has 0 radical (unpaired) electrons. The van der Waals surface area contributed by atoms with Crippen LogP contribution in [-0.2, 0) is 16.0 Å². The first-order chi connectivity index (χ1) is 18.5. The molecule has 0 aliphatic heterocycles. The number of nitrogens with zero attached hydrogens (tertiary/aromatic N) is 1. The molecule has 0 spiro atoms. The quantitative estimate of drug-likeness (QED) is 0.222. The highest BCUT2D eigenvalue weighted by atomic mass is 35.5. The van der Waals surface area contributed by atoms with Crippen LogP contribution >= 0.6 is 11.6 Å². The summed E-state index contributed by atoms with van der Waals surface area (Å²) in [7, 11) is 3.30. The average Bonchev–Trinajstić information content (AvgIpc) is 2.90. The zero-order valence-corrected chi connectivity index (χ0v) is 24.9. The Morgan fingerprint density at radius 1 is 1.05 bits per heavy atom. The highest BCUT2D eigenvalue weighted by Gasteiger charge is 2.30. The molecule has 4 N–H and O–H groups in total. The summed E-state index contributed by atoms with van der Waals surface area (Å²) in [5.74, 6) is 1.81. The molecule has 1 amide bonds. The van der Waals surface area contributed by atoms with E-state index in [-0.39, 0.29) is 24.2 Å². The lowest BCUT2D eigenvalue weighted by Gasteiger charge is -2.30. The number of nitrogens with one attached hydrogen (secondary N) is 1. The van der Waals surface area contributed by atoms with Crippen LogP contribution in [0.25, 0.3) is 0 Å². The third-order valence-electron chi connectivity index (χ3n) is 7.10. The number of methoxy groups -OCH3 is 2. The SMILES string of the molecule is COCCCOc1cc(C[C@@H](C[C@H](N)[C@@H](O)C[C@H](C(=O)Nc2ccc(Cl)cn2)C(C)C)C(C)C)ccc1OC. The minimum absolute atomic E-state index is 0.0154. The number of nitrogens with two attached hydrogens (primary N) is 1. The van der Waals surface area contributed by atoms with Crippen molar-refractivity contribution in [2.75, 3.05) is 32.8 Å². The summed E-state index contributed by atoms with van der Waals surface area (Å²) in [6.07, 6.45) is 3.13. The van der Waals surface area contributed by atoms with Crippen LogP contribution in [0.1, 0.15) is 52.5 Å². The largest absolute Gasteiger partial charge is 0.493 e. The van der Waals surface area contributed by atoms with Gasteiger partial charge in [0.25, 0.3) is 0 Å². The van der Waals surface area contributed by atoms with Gasteiger partial charge in [0.05, 0.1) is 24.8 Å². The second kappa shape index (κ2) is 16.7. The molecule has 218 valence electrons. The number of halogens is 1. The number of rotatable bonds is 17. The number of amides is 1. The highest BCUT2D eigenvalue weighted by Crippen LogP contribution is 2.32. The molecular formula is C30H46ClN3O5. The van der Waals surface area contributed by atoms with Gasteiger partial charge >= 0.3 is 0 Å². The molecule has 1 aromatic carbocycles. The van der Waals surface area contributed by atoms with E-state index in [4.69, 9.17) is 31.5 Å². The van der Waals surface area contributed by atoms with Gasteiger partial charge in [-0.1, -0.05) is 45.4 Å². The maximum Gasteiger partial charge on any atom is 0.228 e. The first kappa shape index (κ1) is 32.8. The van der Waals surface area contributed by atoms with Crippen molar-refractivity contribution in [3.8, 4) is 11.5 Å². The molecule has 0 fully saturated rings. The standard InChI is InChI=1S/C30H46ClN3O5/c1-19(2)22(14-21-8-10-27(38-6)28(15-21)39-13-7-12-37-5)16-25(32)26(35)17-24(20(3)4)30(36)34-29-11-9-23(31)18-33-29/h8-11,15,18-20,22,24-26,35H,7,12-14,16-17,32H2,1-6H3,(H,33,34,36)/t22-,24-,25-,26-/m0/s1. The van der Waals surface area contributed by atoms with Crippen LogP contribution in [0, 0.1) is 23.7 Å². The number of carbonyl (C=O) groups is 1. The Labute approximate surface area is 238 Å². The number of aromatic nitrogens is 1. The molecule has 0 aliphatic carbocycles. The second-order valence-corrected chi connectivity index (χ2v) is 11.2. The van der Waals surface area contributed by atoms with Crippen LogP contribution in [0.15, 0.2) is 36.5 Å². The van der Waals surface area contributed by atoms with Crippen LogP contribution in [0.3, 0.4) is 0 Å². The third kappa shape index (κ3) is 11.0. The van der Waals surface area contributed by atoms with Crippen molar-refractivity contribution >= 4 is 23.3 Å². The maximum atomic E-state index is 13.0. The molecular weight excluding hydrogens is 518 g/mol. The predicted octanol–water partition coefficient (Wildman–Crippen LogP) is 5.35. The number of carbonyl (C=O) groups excluding carboxylic acids is 1. The van der Waals surface area contributed by atoms with E-state index < -0.39 is 18.1 Å². The molecule has 0 aliphatic rings. The lowest BCUT2D eigenvalue weighted by molar-refractivity contribution is -0.122. The summed E-state index contributed by atoms with van der Waals surface area (Å²) in [6.45, 7) is 9.44. The van der Waals surface area contributed by atoms with Gasteiger partial charge in [-0.25, -0.2) is 4.98 Å². The first-order valence-corrected chi connectivity index (χ1v) is 14.1. The lowest BCUT2D eigenvalue weighted by atomic mass is 9.81. The zero-order valence-electron chi connectivity index (χ0n) is 24.2. The smallest absolute Gasteiger partial charge is 0.228 e. The maximum absolute atomic E-state index is 13.0. The molecule has 0 saturated heterocycles. The minimum atomic E-state index is -0.821. The summed E-state index contributed by atoms with van der Waals surface area (Å²) in [6, 6.07) is 8.85. The molecule has 2 aromatic rings. The van der Waals surface area contributed by atoms with E-state index in [0.717, 1.165) is 18.4 Å². The van der Waals surface area contributed by atoms with E-state index in [9.17, 15) is 9.90 Å². The Balaban J connectivity index is 2.04. The number of ether oxygens (including phenoxy) is 3. The predicted molar refractivity (Wildman–Crippen MR) is 156 cm³/mol. The lowest BCUT2D eigenvalue weighted by Crippen LogP contribution is -2.41. The summed E-state index contributed by atoms with van der Waals surface area (Å²) in [4.78, 5) is 17.1. The monoisotopic (exact) mass is 563 g/mol. The van der Waals surface area contributed by atoms with Crippen LogP contribution in [0.4, 0.5) is 5.82 Å². The number of anilines is 1. The fourth-order valence-corrected chi connectivity index (χ4v) is 4.64. The zero-order chi connectivity index (χ0) is 28.9. The summed E-state index contributed by atoms with van der Waals surface area (Å²) in [5.41, 5.74) is 7.65. The normalized spacial score (nSPS) is 14.6.